The lowest BCUT2D eigenvalue weighted by Gasteiger charge is -2.25. The van der Waals surface area contributed by atoms with Gasteiger partial charge in [0, 0.05) is 10.9 Å². The molecule has 0 amide bonds. The summed E-state index contributed by atoms with van der Waals surface area (Å²) in [5.41, 5.74) is 0.945. The smallest absolute Gasteiger partial charge is 0.192 e. The summed E-state index contributed by atoms with van der Waals surface area (Å²) in [6, 6.07) is 12.2. The van der Waals surface area contributed by atoms with Gasteiger partial charge in [-0.2, -0.15) is 0 Å². The molecule has 0 N–H and O–H groups in total. The quantitative estimate of drug-likeness (QED) is 0.352. The first-order valence-corrected chi connectivity index (χ1v) is 11.8. The van der Waals surface area contributed by atoms with Gasteiger partial charge in [-0.25, -0.2) is 0 Å². The lowest BCUT2D eigenvalue weighted by atomic mass is 9.95. The van der Waals surface area contributed by atoms with E-state index in [9.17, 15) is 4.79 Å². The number of benzene rings is 1. The molecule has 0 unspecified atom stereocenters. The fourth-order valence-electron chi connectivity index (χ4n) is 3.84. The predicted molar refractivity (Wildman–Crippen MR) is 118 cm³/mol. The fraction of sp³-hybridized carbons (Fsp3) is 0.409. The zero-order valence-electron chi connectivity index (χ0n) is 16.8. The molecule has 0 bridgehead atoms. The largest absolute Gasteiger partial charge is 0.496 e. The minimum absolute atomic E-state index is 0.144. The molecule has 0 aliphatic heterocycles. The summed E-state index contributed by atoms with van der Waals surface area (Å²) in [7, 11) is 1.68. The average molecular weight is 428 g/mol. The van der Waals surface area contributed by atoms with Crippen molar-refractivity contribution in [3.05, 3.63) is 46.2 Å². The molecular weight excluding hydrogens is 402 g/mol. The zero-order chi connectivity index (χ0) is 20.2. The number of methoxy groups -OCH3 is 1. The van der Waals surface area contributed by atoms with Crippen LogP contribution in [0.3, 0.4) is 0 Å². The molecule has 4 rings (SSSR count). The summed E-state index contributed by atoms with van der Waals surface area (Å²) in [4.78, 5) is 14.6. The van der Waals surface area contributed by atoms with Crippen LogP contribution < -0.4 is 4.74 Å². The molecule has 5 nitrogen and oxygen atoms in total. The number of ketones is 1. The van der Waals surface area contributed by atoms with Crippen LogP contribution in [0.5, 0.6) is 5.75 Å². The topological polar surface area (TPSA) is 57.0 Å². The van der Waals surface area contributed by atoms with E-state index in [4.69, 9.17) is 4.74 Å². The van der Waals surface area contributed by atoms with Gasteiger partial charge in [-0.3, -0.25) is 9.36 Å². The highest BCUT2D eigenvalue weighted by atomic mass is 32.2. The lowest BCUT2D eigenvalue weighted by Crippen LogP contribution is -2.15. The molecule has 29 heavy (non-hydrogen) atoms. The summed E-state index contributed by atoms with van der Waals surface area (Å²) in [6.07, 6.45) is 5.94. The number of nitrogens with zero attached hydrogens (tertiary/aromatic N) is 3. The molecule has 7 heteroatoms. The van der Waals surface area contributed by atoms with E-state index in [0.717, 1.165) is 44.9 Å². The van der Waals surface area contributed by atoms with Gasteiger partial charge in [0.15, 0.2) is 16.8 Å². The van der Waals surface area contributed by atoms with Crippen molar-refractivity contribution in [2.24, 2.45) is 0 Å². The highest BCUT2D eigenvalue weighted by molar-refractivity contribution is 7.99. The van der Waals surface area contributed by atoms with E-state index in [-0.39, 0.29) is 5.78 Å². The number of Topliss-reactive ketones (excluding diaryl/α,β-unsaturated/α-hetero) is 1. The van der Waals surface area contributed by atoms with E-state index < -0.39 is 0 Å². The second-order valence-corrected chi connectivity index (χ2v) is 9.52. The number of aryl methyl sites for hydroxylation is 1. The third kappa shape index (κ3) is 4.41. The minimum Gasteiger partial charge on any atom is -0.496 e. The van der Waals surface area contributed by atoms with Gasteiger partial charge in [0.05, 0.1) is 23.3 Å². The van der Waals surface area contributed by atoms with Crippen molar-refractivity contribution in [3.8, 4) is 17.1 Å². The number of ether oxygens (including phenoxy) is 1. The van der Waals surface area contributed by atoms with Crippen molar-refractivity contribution in [2.75, 3.05) is 12.9 Å². The molecule has 1 aliphatic rings. The van der Waals surface area contributed by atoms with Gasteiger partial charge in [0.1, 0.15) is 5.75 Å². The van der Waals surface area contributed by atoms with Gasteiger partial charge in [-0.05, 0) is 44.0 Å². The van der Waals surface area contributed by atoms with Crippen molar-refractivity contribution < 1.29 is 9.53 Å². The van der Waals surface area contributed by atoms with Gasteiger partial charge in [0.25, 0.3) is 0 Å². The van der Waals surface area contributed by atoms with Gasteiger partial charge in [-0.1, -0.05) is 43.2 Å². The van der Waals surface area contributed by atoms with Crippen molar-refractivity contribution >= 4 is 28.9 Å². The second kappa shape index (κ2) is 9.13. The van der Waals surface area contributed by atoms with Gasteiger partial charge < -0.3 is 4.74 Å². The van der Waals surface area contributed by atoms with Crippen LogP contribution in [0.4, 0.5) is 0 Å². The standard InChI is InChI=1S/C22H25N3O2S2/c1-15-12-13-20(29-15)18(26)14-28-22-24-23-21(17-10-6-7-11-19(17)27-2)25(22)16-8-4-3-5-9-16/h6-7,10-13,16H,3-5,8-9,14H2,1-2H3. The Morgan fingerprint density at radius 3 is 2.69 bits per heavy atom. The monoisotopic (exact) mass is 427 g/mol. The van der Waals surface area contributed by atoms with Crippen molar-refractivity contribution in [3.63, 3.8) is 0 Å². The van der Waals surface area contributed by atoms with Crippen LogP contribution >= 0.6 is 23.1 Å². The first kappa shape index (κ1) is 20.2. The van der Waals surface area contributed by atoms with Crippen molar-refractivity contribution in [2.45, 2.75) is 50.2 Å². The Hall–Kier alpha value is -2.12. The van der Waals surface area contributed by atoms with E-state index in [1.165, 1.54) is 31.0 Å². The minimum atomic E-state index is 0.144. The average Bonchev–Trinajstić information content (AvgIpc) is 3.39. The van der Waals surface area contributed by atoms with Crippen LogP contribution in [0.1, 0.15) is 52.7 Å². The Balaban J connectivity index is 1.64. The third-order valence-corrected chi connectivity index (χ3v) is 7.28. The molecule has 0 atom stereocenters. The van der Waals surface area contributed by atoms with E-state index in [1.807, 2.05) is 43.3 Å². The normalized spacial score (nSPS) is 14.8. The zero-order valence-corrected chi connectivity index (χ0v) is 18.4. The number of thiophene rings is 1. The first-order chi connectivity index (χ1) is 14.2. The molecule has 2 heterocycles. The van der Waals surface area contributed by atoms with Crippen LogP contribution in [0, 0.1) is 6.92 Å². The summed E-state index contributed by atoms with van der Waals surface area (Å²) >= 11 is 3.04. The number of aromatic nitrogens is 3. The van der Waals surface area contributed by atoms with Crippen LogP contribution in [0.25, 0.3) is 11.4 Å². The summed E-state index contributed by atoms with van der Waals surface area (Å²) in [5, 5.41) is 9.83. The number of rotatable bonds is 7. The third-order valence-electron chi connectivity index (χ3n) is 5.30. The molecular formula is C22H25N3O2S2. The Bertz CT molecular complexity index is 990. The van der Waals surface area contributed by atoms with Crippen molar-refractivity contribution in [1.82, 2.24) is 14.8 Å². The summed E-state index contributed by atoms with van der Waals surface area (Å²) in [5.74, 6) is 2.14. The highest BCUT2D eigenvalue weighted by Crippen LogP contribution is 2.38. The SMILES string of the molecule is COc1ccccc1-c1nnc(SCC(=O)c2ccc(C)s2)n1C1CCCCC1. The first-order valence-electron chi connectivity index (χ1n) is 9.98. The Morgan fingerprint density at radius 1 is 1.17 bits per heavy atom. The highest BCUT2D eigenvalue weighted by Gasteiger charge is 2.25. The van der Waals surface area contributed by atoms with Crippen molar-refractivity contribution in [1.29, 1.82) is 0 Å². The molecule has 0 radical (unpaired) electrons. The maximum atomic E-state index is 12.6. The van der Waals surface area contributed by atoms with Crippen LogP contribution in [0.2, 0.25) is 0 Å². The molecule has 1 saturated carbocycles. The molecule has 152 valence electrons. The number of para-hydroxylation sites is 1. The maximum absolute atomic E-state index is 12.6. The summed E-state index contributed by atoms with van der Waals surface area (Å²) < 4.78 is 7.81. The maximum Gasteiger partial charge on any atom is 0.192 e. The van der Waals surface area contributed by atoms with E-state index in [2.05, 4.69) is 14.8 Å². The van der Waals surface area contributed by atoms with Crippen LogP contribution in [-0.4, -0.2) is 33.4 Å². The number of hydrogen-bond acceptors (Lipinski definition) is 6. The summed E-state index contributed by atoms with van der Waals surface area (Å²) in [6.45, 7) is 2.02. The molecule has 0 spiro atoms. The molecule has 1 aromatic carbocycles. The van der Waals surface area contributed by atoms with Crippen LogP contribution in [-0.2, 0) is 0 Å². The molecule has 1 aliphatic carbocycles. The Morgan fingerprint density at radius 2 is 1.97 bits per heavy atom. The molecule has 2 aromatic heterocycles. The lowest BCUT2D eigenvalue weighted by molar-refractivity contribution is 0.102. The van der Waals surface area contributed by atoms with E-state index in [1.54, 1.807) is 18.4 Å². The number of carbonyl (C=O) groups is 1. The Kier molecular flexibility index (Phi) is 6.35. The number of thioether (sulfide) groups is 1. The molecule has 1 fully saturated rings. The van der Waals surface area contributed by atoms with Crippen LogP contribution in [0.15, 0.2) is 41.6 Å². The Labute approximate surface area is 179 Å². The van der Waals surface area contributed by atoms with Gasteiger partial charge >= 0.3 is 0 Å². The molecule has 3 aromatic rings. The van der Waals surface area contributed by atoms with Gasteiger partial charge in [0.2, 0.25) is 0 Å². The predicted octanol–water partition coefficient (Wildman–Crippen LogP) is 5.80. The number of carbonyl (C=O) groups excluding carboxylic acids is 1. The number of hydrogen-bond donors (Lipinski definition) is 0. The van der Waals surface area contributed by atoms with E-state index in [0.29, 0.717) is 11.8 Å². The molecule has 0 saturated heterocycles. The fourth-order valence-corrected chi connectivity index (χ4v) is 5.63. The second-order valence-electron chi connectivity index (χ2n) is 7.29. The van der Waals surface area contributed by atoms with Gasteiger partial charge in [-0.15, -0.1) is 21.5 Å². The van der Waals surface area contributed by atoms with E-state index >= 15 is 0 Å².